The molecule has 0 fully saturated rings. The van der Waals surface area contributed by atoms with Gasteiger partial charge in [-0.1, -0.05) is 11.6 Å². The van der Waals surface area contributed by atoms with Crippen molar-refractivity contribution >= 4 is 22.8 Å². The van der Waals surface area contributed by atoms with E-state index in [2.05, 4.69) is 19.7 Å². The Balaban J connectivity index is 0.000000232. The van der Waals surface area contributed by atoms with E-state index in [-0.39, 0.29) is 12.7 Å². The number of imidazole rings is 1. The maximum atomic E-state index is 8.21. The fourth-order valence-corrected chi connectivity index (χ4v) is 1.40. The fourth-order valence-electron chi connectivity index (χ4n) is 1.15. The first-order chi connectivity index (χ1) is 8.49. The minimum Gasteiger partial charge on any atom is -0.394 e. The Labute approximate surface area is 111 Å². The van der Waals surface area contributed by atoms with E-state index in [0.717, 1.165) is 5.65 Å². The van der Waals surface area contributed by atoms with Crippen molar-refractivity contribution in [2.45, 2.75) is 20.0 Å². The lowest BCUT2D eigenvalue weighted by Crippen LogP contribution is -2.08. The van der Waals surface area contributed by atoms with E-state index in [1.807, 2.05) is 11.6 Å². The number of aliphatic hydroxyl groups excluding tert-OH is 1. The number of hydrogen-bond donors (Lipinski definition) is 1. The molecule has 0 saturated carbocycles. The number of hydrogen-bond acceptors (Lipinski definition) is 5. The van der Waals surface area contributed by atoms with E-state index in [4.69, 9.17) is 16.7 Å². The van der Waals surface area contributed by atoms with Crippen LogP contribution in [0.2, 0.25) is 5.15 Å². The van der Waals surface area contributed by atoms with Gasteiger partial charge in [-0.05, 0) is 13.8 Å². The first kappa shape index (κ1) is 14.8. The number of fused-ring (bicyclic) bond motifs is 1. The molecule has 0 amide bonds. The van der Waals surface area contributed by atoms with Crippen LogP contribution in [0.4, 0.5) is 0 Å². The number of aromatic nitrogens is 4. The highest BCUT2D eigenvalue weighted by Crippen LogP contribution is 2.17. The molecule has 0 radical (unpaired) electrons. The molecule has 0 aliphatic rings. The second-order valence-corrected chi connectivity index (χ2v) is 4.18. The van der Waals surface area contributed by atoms with Crippen LogP contribution in [0.1, 0.15) is 12.7 Å². The first-order valence-corrected chi connectivity index (χ1v) is 5.82. The van der Waals surface area contributed by atoms with E-state index < -0.39 is 0 Å². The highest BCUT2D eigenvalue weighted by molar-refractivity contribution is 6.33. The third kappa shape index (κ3) is 3.63. The van der Waals surface area contributed by atoms with E-state index in [9.17, 15) is 0 Å². The number of aliphatic hydroxyl groups is 1. The molecule has 2 aromatic heterocycles. The van der Waals surface area contributed by atoms with Gasteiger partial charge in [-0.25, -0.2) is 15.0 Å². The van der Waals surface area contributed by atoms with Gasteiger partial charge >= 0.3 is 0 Å². The van der Waals surface area contributed by atoms with Gasteiger partial charge in [0.1, 0.15) is 11.3 Å². The van der Waals surface area contributed by atoms with Crippen molar-refractivity contribution in [3.8, 4) is 0 Å². The van der Waals surface area contributed by atoms with Crippen LogP contribution < -0.4 is 0 Å². The summed E-state index contributed by atoms with van der Waals surface area (Å²) in [5, 5.41) is 8.62. The minimum absolute atomic E-state index is 0.00926. The van der Waals surface area contributed by atoms with E-state index in [1.165, 1.54) is 0 Å². The third-order valence-electron chi connectivity index (χ3n) is 2.29. The third-order valence-corrected chi connectivity index (χ3v) is 2.55. The molecular weight excluding hydrogens is 256 g/mol. The number of nitrogens with zero attached hydrogens (tertiary/aromatic N) is 4. The molecule has 7 heteroatoms. The predicted octanol–water partition coefficient (Wildman–Crippen LogP) is 1.34. The summed E-state index contributed by atoms with van der Waals surface area (Å²) in [6.45, 7) is 3.72. The van der Waals surface area contributed by atoms with Gasteiger partial charge in [-0.15, -0.1) is 0 Å². The fraction of sp³-hybridized carbons (Fsp3) is 0.545. The smallest absolute Gasteiger partial charge is 0.164 e. The largest absolute Gasteiger partial charge is 0.394 e. The van der Waals surface area contributed by atoms with E-state index in [1.54, 1.807) is 27.3 Å². The van der Waals surface area contributed by atoms with E-state index in [0.29, 0.717) is 16.5 Å². The Morgan fingerprint density at radius 2 is 2.17 bits per heavy atom. The summed E-state index contributed by atoms with van der Waals surface area (Å²) in [4.78, 5) is 12.3. The number of halogens is 1. The summed E-state index contributed by atoms with van der Waals surface area (Å²) in [5.74, 6) is 0.663. The molecule has 0 aromatic carbocycles. The van der Waals surface area contributed by atoms with Crippen LogP contribution in [0.5, 0.6) is 0 Å². The van der Waals surface area contributed by atoms with Crippen molar-refractivity contribution < 1.29 is 9.84 Å². The Bertz CT molecular complexity index is 511. The lowest BCUT2D eigenvalue weighted by molar-refractivity contribution is 0.0623. The van der Waals surface area contributed by atoms with Crippen LogP contribution in [-0.2, 0) is 11.8 Å². The number of rotatable bonds is 2. The van der Waals surface area contributed by atoms with E-state index >= 15 is 0 Å². The normalized spacial score (nSPS) is 12.1. The molecule has 0 spiro atoms. The second-order valence-electron chi connectivity index (χ2n) is 3.82. The molecule has 1 N–H and O–H groups in total. The summed E-state index contributed by atoms with van der Waals surface area (Å²) < 4.78 is 6.46. The average Bonchev–Trinajstić information content (AvgIpc) is 2.71. The molecule has 18 heavy (non-hydrogen) atoms. The molecule has 1 unspecified atom stereocenters. The summed E-state index contributed by atoms with van der Waals surface area (Å²) in [5.41, 5.74) is 1.43. The highest BCUT2D eigenvalue weighted by atomic mass is 35.5. The van der Waals surface area contributed by atoms with Crippen molar-refractivity contribution in [1.82, 2.24) is 19.5 Å². The van der Waals surface area contributed by atoms with Gasteiger partial charge in [0.15, 0.2) is 10.8 Å². The van der Waals surface area contributed by atoms with Gasteiger partial charge in [-0.2, -0.15) is 0 Å². The van der Waals surface area contributed by atoms with Crippen LogP contribution in [0.15, 0.2) is 6.33 Å². The Hall–Kier alpha value is -1.24. The Morgan fingerprint density at radius 3 is 2.67 bits per heavy atom. The molecule has 0 bridgehead atoms. The average molecular weight is 273 g/mol. The molecule has 0 saturated heterocycles. The lowest BCUT2D eigenvalue weighted by atomic mass is 10.4. The van der Waals surface area contributed by atoms with Gasteiger partial charge in [-0.3, -0.25) is 0 Å². The summed E-state index contributed by atoms with van der Waals surface area (Å²) >= 11 is 5.85. The van der Waals surface area contributed by atoms with Crippen molar-refractivity contribution in [3.05, 3.63) is 17.3 Å². The minimum atomic E-state index is -0.00926. The van der Waals surface area contributed by atoms with Crippen molar-refractivity contribution in [3.63, 3.8) is 0 Å². The standard InChI is InChI=1S/C7H7ClN4.C4H10O2/c1-4-10-6(8)5-7(11-4)12(2)3-9-5;1-4(3-5)6-2/h3H,1-2H3;4-5H,3H2,1-2H3. The predicted molar refractivity (Wildman–Crippen MR) is 69.6 cm³/mol. The lowest BCUT2D eigenvalue weighted by Gasteiger charge is -2.00. The topological polar surface area (TPSA) is 73.1 Å². The van der Waals surface area contributed by atoms with Gasteiger partial charge in [0.05, 0.1) is 19.0 Å². The maximum absolute atomic E-state index is 8.21. The van der Waals surface area contributed by atoms with Crippen LogP contribution in [0.25, 0.3) is 11.2 Å². The molecular formula is C11H17ClN4O2. The molecule has 1 atom stereocenters. The van der Waals surface area contributed by atoms with Crippen LogP contribution in [0.3, 0.4) is 0 Å². The zero-order chi connectivity index (χ0) is 13.7. The first-order valence-electron chi connectivity index (χ1n) is 5.44. The monoisotopic (exact) mass is 272 g/mol. The summed E-state index contributed by atoms with van der Waals surface area (Å²) in [7, 11) is 3.44. The molecule has 2 aromatic rings. The molecule has 2 heterocycles. The van der Waals surface area contributed by atoms with Crippen molar-refractivity contribution in [2.75, 3.05) is 13.7 Å². The Kier molecular flexibility index (Phi) is 5.46. The van der Waals surface area contributed by atoms with Gasteiger partial charge < -0.3 is 14.4 Å². The van der Waals surface area contributed by atoms with Crippen LogP contribution >= 0.6 is 11.6 Å². The number of ether oxygens (including phenoxy) is 1. The van der Waals surface area contributed by atoms with Crippen LogP contribution in [0, 0.1) is 6.92 Å². The Morgan fingerprint density at radius 1 is 1.50 bits per heavy atom. The molecule has 0 aliphatic heterocycles. The second kappa shape index (κ2) is 6.63. The van der Waals surface area contributed by atoms with Crippen molar-refractivity contribution in [1.29, 1.82) is 0 Å². The highest BCUT2D eigenvalue weighted by Gasteiger charge is 2.07. The number of methoxy groups -OCH3 is 1. The SMILES string of the molecule is COC(C)CO.Cc1nc(Cl)c2ncn(C)c2n1. The molecule has 2 rings (SSSR count). The summed E-state index contributed by atoms with van der Waals surface area (Å²) in [6, 6.07) is 0. The molecule has 100 valence electrons. The molecule has 6 nitrogen and oxygen atoms in total. The summed E-state index contributed by atoms with van der Waals surface area (Å²) in [6.07, 6.45) is 1.66. The van der Waals surface area contributed by atoms with Gasteiger partial charge in [0, 0.05) is 14.2 Å². The molecule has 0 aliphatic carbocycles. The number of aryl methyl sites for hydroxylation is 2. The van der Waals surface area contributed by atoms with Gasteiger partial charge in [0.25, 0.3) is 0 Å². The zero-order valence-corrected chi connectivity index (χ0v) is 11.6. The van der Waals surface area contributed by atoms with Gasteiger partial charge in [0.2, 0.25) is 0 Å². The quantitative estimate of drug-likeness (QED) is 0.835. The zero-order valence-electron chi connectivity index (χ0n) is 10.9. The van der Waals surface area contributed by atoms with Crippen molar-refractivity contribution in [2.24, 2.45) is 7.05 Å². The van der Waals surface area contributed by atoms with Crippen LogP contribution in [-0.4, -0.2) is 44.4 Å². The maximum Gasteiger partial charge on any atom is 0.164 e.